The zero-order chi connectivity index (χ0) is 69.1. The van der Waals surface area contributed by atoms with Crippen molar-refractivity contribution in [2.45, 2.75) is 257 Å². The summed E-state index contributed by atoms with van der Waals surface area (Å²) in [5.74, 6) is -33.0. The lowest BCUT2D eigenvalue weighted by molar-refractivity contribution is -0.220. The summed E-state index contributed by atoms with van der Waals surface area (Å²) in [5, 5.41) is 0. The zero-order valence-corrected chi connectivity index (χ0v) is 54.2. The summed E-state index contributed by atoms with van der Waals surface area (Å²) < 4.78 is 184. The predicted molar refractivity (Wildman–Crippen MR) is 304 cm³/mol. The van der Waals surface area contributed by atoms with Crippen LogP contribution in [0.1, 0.15) is 210 Å². The molecule has 0 radical (unpaired) electrons. The highest BCUT2D eigenvalue weighted by Crippen LogP contribution is 2.59. The highest BCUT2D eigenvalue weighted by Gasteiger charge is 2.60. The van der Waals surface area contributed by atoms with E-state index in [-0.39, 0.29) is 6.61 Å². The molecule has 0 saturated heterocycles. The molecule has 28 heteroatoms. The third-order valence-corrected chi connectivity index (χ3v) is 19.1. The monoisotopic (exact) mass is 1340 g/mol. The topological polar surface area (TPSA) is 237 Å². The van der Waals surface area contributed by atoms with E-state index in [2.05, 4.69) is 18.9 Å². The first-order chi connectivity index (χ1) is 42.4. The number of hydrogen-bond acceptors (Lipinski definition) is 18. The van der Waals surface area contributed by atoms with Gasteiger partial charge in [-0.1, -0.05) is 27.2 Å². The van der Waals surface area contributed by atoms with Crippen molar-refractivity contribution >= 4 is 53.7 Å². The molecule has 9 rings (SSSR count). The van der Waals surface area contributed by atoms with Gasteiger partial charge in [-0.25, -0.2) is 24.0 Å². The van der Waals surface area contributed by atoms with E-state index < -0.39 is 169 Å². The van der Waals surface area contributed by atoms with Crippen LogP contribution in [-0.2, 0) is 85.8 Å². The fraction of sp³-hybridized carbons (Fsp3) is 0.859. The lowest BCUT2D eigenvalue weighted by Crippen LogP contribution is -2.55. The van der Waals surface area contributed by atoms with Crippen molar-refractivity contribution in [1.29, 1.82) is 0 Å². The Labute approximate surface area is 530 Å². The number of carbonyl (C=O) groups is 9. The van der Waals surface area contributed by atoms with Gasteiger partial charge in [-0.15, -0.1) is 0 Å². The van der Waals surface area contributed by atoms with Crippen molar-refractivity contribution in [3.63, 3.8) is 0 Å². The summed E-state index contributed by atoms with van der Waals surface area (Å²) in [4.78, 5) is 106. The Balaban J connectivity index is 0.000000251. The Morgan fingerprint density at radius 1 is 0.348 bits per heavy atom. The summed E-state index contributed by atoms with van der Waals surface area (Å²) in [7, 11) is 0. The number of carbonyl (C=O) groups excluding carboxylic acids is 9. The van der Waals surface area contributed by atoms with Crippen LogP contribution in [0.25, 0.3) is 0 Å². The van der Waals surface area contributed by atoms with E-state index in [9.17, 15) is 87.1 Å². The van der Waals surface area contributed by atoms with E-state index in [1.165, 1.54) is 0 Å². The first-order valence-corrected chi connectivity index (χ1v) is 32.0. The van der Waals surface area contributed by atoms with Gasteiger partial charge >= 0.3 is 83.3 Å². The van der Waals surface area contributed by atoms with Crippen molar-refractivity contribution in [2.24, 2.45) is 51.8 Å². The van der Waals surface area contributed by atoms with Crippen molar-refractivity contribution in [3.8, 4) is 0 Å². The largest absolute Gasteiger partial charge is 0.462 e. The standard InChI is InChI=1S/C23H32F4O6.C22H32F2O6.C19H28F4O6/c1-4-20(2,3)17(28)31-5-6-32-18(29)22(24,25)13-23(26,27)19(30)33-21-10-14-7-15(11-21)9-16(8-14)12-21;1-4-20(2,3)18(26)28-5-6-29-19(27)22(23,24)13-17(25)30-21-10-14-7-15(11-21)9-16(8-14)12-21;1-4-17(2,3)14(24)27-10-11-28-15(25)18(20,21)12-19(22,23)16(26)29-13-8-6-5-7-9-13/h14-16H,4-13H2,1-3H3;14-16H,4-13H2,1-3H3;13H,4-12H2,1-3H3. The first-order valence-electron chi connectivity index (χ1n) is 32.0. The summed E-state index contributed by atoms with van der Waals surface area (Å²) in [6.07, 6.45) is 7.83. The van der Waals surface area contributed by atoms with E-state index in [0.717, 1.165) is 64.2 Å². The minimum Gasteiger partial charge on any atom is -0.462 e. The Bertz CT molecular complexity index is 2530. The molecule has 18 nitrogen and oxygen atoms in total. The summed E-state index contributed by atoms with van der Waals surface area (Å²) in [5.41, 5.74) is -3.94. The summed E-state index contributed by atoms with van der Waals surface area (Å²) in [6, 6.07) is 0. The molecule has 9 fully saturated rings. The molecule has 526 valence electrons. The smallest absolute Gasteiger partial charge is 0.377 e. The van der Waals surface area contributed by atoms with Gasteiger partial charge in [0, 0.05) is 0 Å². The van der Waals surface area contributed by atoms with Crippen LogP contribution in [0.3, 0.4) is 0 Å². The van der Waals surface area contributed by atoms with Crippen LogP contribution in [0.5, 0.6) is 0 Å². The minimum absolute atomic E-state index is 0.311. The highest BCUT2D eigenvalue weighted by atomic mass is 19.3. The quantitative estimate of drug-likeness (QED) is 0.0293. The predicted octanol–water partition coefficient (Wildman–Crippen LogP) is 12.8. The summed E-state index contributed by atoms with van der Waals surface area (Å²) >= 11 is 0. The third-order valence-electron chi connectivity index (χ3n) is 19.1. The van der Waals surface area contributed by atoms with Crippen LogP contribution in [0.2, 0.25) is 0 Å². The molecule has 9 aliphatic carbocycles. The number of rotatable bonds is 29. The van der Waals surface area contributed by atoms with Crippen molar-refractivity contribution in [2.75, 3.05) is 39.6 Å². The van der Waals surface area contributed by atoms with E-state index in [4.69, 9.17) is 23.7 Å². The Hall–Kier alpha value is -5.47. The van der Waals surface area contributed by atoms with Crippen molar-refractivity contribution < 1.29 is 130 Å². The van der Waals surface area contributed by atoms with Gasteiger partial charge in [0.25, 0.3) is 0 Å². The average Bonchev–Trinajstić information content (AvgIpc) is 0.755. The highest BCUT2D eigenvalue weighted by molar-refractivity contribution is 5.85. The Morgan fingerprint density at radius 3 is 0.913 bits per heavy atom. The van der Waals surface area contributed by atoms with Gasteiger partial charge in [0.15, 0.2) is 0 Å². The SMILES string of the molecule is CCC(C)(C)C(=O)OCCOC(=O)C(F)(F)CC(=O)OC12CC3CC(CC(C3)C1)C2.CCC(C)(C)C(=O)OCCOC(=O)C(F)(F)CC(F)(F)C(=O)OC12CC3CC(CC(C3)C1)C2.CCC(C)(C)C(=O)OCCOC(=O)C(F)(F)CC(F)(F)C(=O)OC1CCCCC1. The first kappa shape index (κ1) is 77.2. The molecule has 0 spiro atoms. The number of hydrogen-bond donors (Lipinski definition) is 0. The second-order valence-electron chi connectivity index (χ2n) is 28.3. The minimum atomic E-state index is -4.61. The number of esters is 9. The molecule has 0 atom stereocenters. The molecule has 0 aromatic rings. The van der Waals surface area contributed by atoms with Crippen LogP contribution in [0, 0.1) is 51.8 Å². The van der Waals surface area contributed by atoms with E-state index in [1.807, 2.05) is 6.92 Å². The van der Waals surface area contributed by atoms with Gasteiger partial charge in [0.05, 0.1) is 29.1 Å². The lowest BCUT2D eigenvalue weighted by atomic mass is 9.54. The second kappa shape index (κ2) is 30.9. The molecule has 0 aromatic carbocycles. The maximum absolute atomic E-state index is 14.4. The third kappa shape index (κ3) is 21.5. The van der Waals surface area contributed by atoms with Gasteiger partial charge in [0.1, 0.15) is 63.4 Å². The fourth-order valence-electron chi connectivity index (χ4n) is 13.5. The molecule has 9 aliphatic rings. The number of alkyl halides is 10. The molecule has 8 bridgehead atoms. The average molecular weight is 1340 g/mol. The van der Waals surface area contributed by atoms with E-state index in [1.54, 1.807) is 55.4 Å². The Kier molecular flexibility index (Phi) is 26.0. The number of ether oxygens (including phenoxy) is 9. The van der Waals surface area contributed by atoms with E-state index in [0.29, 0.717) is 99.7 Å². The second-order valence-corrected chi connectivity index (χ2v) is 28.3. The molecular formula is C64H92F10O18. The molecule has 0 aliphatic heterocycles. The maximum atomic E-state index is 14.4. The van der Waals surface area contributed by atoms with Crippen LogP contribution >= 0.6 is 0 Å². The molecule has 9 saturated carbocycles. The molecule has 92 heavy (non-hydrogen) atoms. The lowest BCUT2D eigenvalue weighted by Gasteiger charge is -2.55. The van der Waals surface area contributed by atoms with Crippen LogP contribution < -0.4 is 0 Å². The molecule has 0 aromatic heterocycles. The Morgan fingerprint density at radius 2 is 0.609 bits per heavy atom. The van der Waals surface area contributed by atoms with E-state index >= 15 is 0 Å². The fourth-order valence-corrected chi connectivity index (χ4v) is 13.5. The molecule has 0 amide bonds. The van der Waals surface area contributed by atoms with Gasteiger partial charge in [-0.3, -0.25) is 19.2 Å². The molecular weight excluding hydrogens is 1250 g/mol. The molecule has 0 N–H and O–H groups in total. The van der Waals surface area contributed by atoms with Crippen molar-refractivity contribution in [3.05, 3.63) is 0 Å². The normalized spacial score (nSPS) is 25.3. The molecule has 0 unspecified atom stereocenters. The van der Waals surface area contributed by atoms with Crippen molar-refractivity contribution in [1.82, 2.24) is 0 Å². The van der Waals surface area contributed by atoms with Crippen LogP contribution in [0.15, 0.2) is 0 Å². The van der Waals surface area contributed by atoms with Gasteiger partial charge in [0.2, 0.25) is 0 Å². The zero-order valence-electron chi connectivity index (χ0n) is 54.2. The van der Waals surface area contributed by atoms with Gasteiger partial charge in [-0.05, 0) is 199 Å². The van der Waals surface area contributed by atoms with Gasteiger partial charge in [-0.2, -0.15) is 43.9 Å². The van der Waals surface area contributed by atoms with Crippen LogP contribution in [0.4, 0.5) is 43.9 Å². The summed E-state index contributed by atoms with van der Waals surface area (Å²) in [6.45, 7) is 12.0. The molecule has 0 heterocycles. The van der Waals surface area contributed by atoms with Gasteiger partial charge < -0.3 is 42.6 Å². The number of halogens is 10. The van der Waals surface area contributed by atoms with Crippen LogP contribution in [-0.4, -0.2) is 140 Å². The maximum Gasteiger partial charge on any atom is 0.377 e.